The molecule has 0 aromatic carbocycles. The second-order valence-corrected chi connectivity index (χ2v) is 8.08. The molecule has 1 amide bonds. The quantitative estimate of drug-likeness (QED) is 0.0651. The van der Waals surface area contributed by atoms with E-state index in [1.54, 1.807) is 0 Å². The van der Waals surface area contributed by atoms with Crippen LogP contribution in [0.2, 0.25) is 0 Å². The van der Waals surface area contributed by atoms with Gasteiger partial charge in [-0.05, 0) is 0 Å². The van der Waals surface area contributed by atoms with Crippen molar-refractivity contribution in [3.8, 4) is 0 Å². The van der Waals surface area contributed by atoms with Gasteiger partial charge in [-0.3, -0.25) is 48.4 Å². The van der Waals surface area contributed by atoms with E-state index in [2.05, 4.69) is 5.32 Å². The van der Waals surface area contributed by atoms with Crippen molar-refractivity contribution in [2.24, 2.45) is 5.73 Å². The number of nitrogens with one attached hydrogen (secondary N) is 1. The van der Waals surface area contributed by atoms with Crippen molar-refractivity contribution in [2.45, 2.75) is 0 Å². The number of carbonyl (C=O) groups excluding carboxylic acids is 1. The smallest absolute Gasteiger partial charge is 0.317 e. The van der Waals surface area contributed by atoms with Crippen LogP contribution in [0.15, 0.2) is 0 Å². The van der Waals surface area contributed by atoms with Gasteiger partial charge in [0, 0.05) is 52.4 Å². The van der Waals surface area contributed by atoms with Crippen LogP contribution in [-0.4, -0.2) is 173 Å². The molecule has 0 saturated heterocycles. The van der Waals surface area contributed by atoms with Crippen LogP contribution in [-0.2, 0) is 28.8 Å². The highest BCUT2D eigenvalue weighted by molar-refractivity contribution is 5.79. The molecule has 17 nitrogen and oxygen atoms in total. The van der Waals surface area contributed by atoms with Gasteiger partial charge in [0.1, 0.15) is 0 Å². The predicted molar refractivity (Wildman–Crippen MR) is 126 cm³/mol. The van der Waals surface area contributed by atoms with Crippen LogP contribution < -0.4 is 11.1 Å². The summed E-state index contributed by atoms with van der Waals surface area (Å²) in [6.45, 7) is -2.20. The van der Waals surface area contributed by atoms with E-state index in [-0.39, 0.29) is 58.9 Å². The number of carboxylic acids is 5. The Bertz CT molecular complexity index is 766. The monoisotopic (exact) mass is 536 g/mol. The molecule has 17 heteroatoms. The minimum atomic E-state index is -1.25. The van der Waals surface area contributed by atoms with Crippen molar-refractivity contribution in [3.63, 3.8) is 0 Å². The summed E-state index contributed by atoms with van der Waals surface area (Å²) in [6.07, 6.45) is 0. The van der Waals surface area contributed by atoms with E-state index in [1.165, 1.54) is 14.7 Å². The summed E-state index contributed by atoms with van der Waals surface area (Å²) in [7, 11) is 0. The third-order valence-corrected chi connectivity index (χ3v) is 4.83. The SMILES string of the molecule is NCCNC(=O)CN(CCN(CCN(CCN(CC(=O)O)CC(=O)O)CC(=O)O)CC(=O)O)CC(=O)O. The minimum absolute atomic E-state index is 0.000223. The van der Waals surface area contributed by atoms with E-state index in [4.69, 9.17) is 21.1 Å². The molecule has 0 aliphatic rings. The van der Waals surface area contributed by atoms with E-state index in [0.717, 1.165) is 4.90 Å². The lowest BCUT2D eigenvalue weighted by Crippen LogP contribution is -2.47. The Hall–Kier alpha value is -3.38. The lowest BCUT2D eigenvalue weighted by molar-refractivity contribution is -0.143. The van der Waals surface area contributed by atoms with Crippen molar-refractivity contribution < 1.29 is 54.3 Å². The summed E-state index contributed by atoms with van der Waals surface area (Å²) in [5, 5.41) is 48.0. The number of hydrogen-bond donors (Lipinski definition) is 7. The number of rotatable bonds is 23. The number of hydrogen-bond acceptors (Lipinski definition) is 11. The summed E-state index contributed by atoms with van der Waals surface area (Å²) >= 11 is 0. The van der Waals surface area contributed by atoms with Crippen molar-refractivity contribution in [1.29, 1.82) is 0 Å². The maximum Gasteiger partial charge on any atom is 0.317 e. The fourth-order valence-corrected chi connectivity index (χ4v) is 3.24. The summed E-state index contributed by atoms with van der Waals surface area (Å²) in [5.74, 6) is -6.50. The van der Waals surface area contributed by atoms with Crippen LogP contribution in [0.4, 0.5) is 0 Å². The van der Waals surface area contributed by atoms with E-state index in [9.17, 15) is 39.0 Å². The summed E-state index contributed by atoms with van der Waals surface area (Å²) in [4.78, 5) is 72.9. The second-order valence-electron chi connectivity index (χ2n) is 8.08. The molecule has 0 spiro atoms. The van der Waals surface area contributed by atoms with Crippen LogP contribution in [0.5, 0.6) is 0 Å². The zero-order chi connectivity index (χ0) is 28.4. The minimum Gasteiger partial charge on any atom is -0.480 e. The first kappa shape index (κ1) is 33.6. The van der Waals surface area contributed by atoms with Crippen molar-refractivity contribution in [3.05, 3.63) is 0 Å². The zero-order valence-corrected chi connectivity index (χ0v) is 20.5. The molecule has 8 N–H and O–H groups in total. The lowest BCUT2D eigenvalue weighted by atomic mass is 10.3. The highest BCUT2D eigenvalue weighted by atomic mass is 16.4. The van der Waals surface area contributed by atoms with E-state index >= 15 is 0 Å². The first-order chi connectivity index (χ1) is 17.3. The number of nitrogens with two attached hydrogens (primary N) is 1. The molecule has 0 saturated carbocycles. The summed E-state index contributed by atoms with van der Waals surface area (Å²) in [5.41, 5.74) is 5.32. The van der Waals surface area contributed by atoms with Crippen molar-refractivity contribution in [1.82, 2.24) is 24.9 Å². The number of carbonyl (C=O) groups is 6. The van der Waals surface area contributed by atoms with Crippen LogP contribution in [0.1, 0.15) is 0 Å². The first-order valence-electron chi connectivity index (χ1n) is 11.3. The van der Waals surface area contributed by atoms with Gasteiger partial charge in [0.05, 0.1) is 39.3 Å². The molecule has 0 radical (unpaired) electrons. The first-order valence-corrected chi connectivity index (χ1v) is 11.3. The molecular weight excluding hydrogens is 500 g/mol. The summed E-state index contributed by atoms with van der Waals surface area (Å²) < 4.78 is 0. The van der Waals surface area contributed by atoms with Gasteiger partial charge in [0.2, 0.25) is 5.91 Å². The molecule has 0 aliphatic carbocycles. The molecule has 212 valence electrons. The molecule has 0 bridgehead atoms. The van der Waals surface area contributed by atoms with Gasteiger partial charge in [-0.15, -0.1) is 0 Å². The zero-order valence-electron chi connectivity index (χ0n) is 20.5. The Morgan fingerprint density at radius 3 is 1.05 bits per heavy atom. The topological polar surface area (TPSA) is 255 Å². The Balaban J connectivity index is 5.20. The molecule has 0 aromatic rings. The average molecular weight is 537 g/mol. The van der Waals surface area contributed by atoms with E-state index in [0.29, 0.717) is 0 Å². The van der Waals surface area contributed by atoms with Crippen molar-refractivity contribution in [2.75, 3.05) is 91.6 Å². The van der Waals surface area contributed by atoms with Gasteiger partial charge < -0.3 is 36.6 Å². The Kier molecular flexibility index (Phi) is 17.1. The van der Waals surface area contributed by atoms with Crippen LogP contribution >= 0.6 is 0 Å². The predicted octanol–water partition coefficient (Wildman–Crippen LogP) is -4.31. The highest BCUT2D eigenvalue weighted by Gasteiger charge is 2.20. The Morgan fingerprint density at radius 2 is 0.757 bits per heavy atom. The highest BCUT2D eigenvalue weighted by Crippen LogP contribution is 1.99. The molecule has 37 heavy (non-hydrogen) atoms. The maximum absolute atomic E-state index is 11.9. The Labute approximate surface area is 213 Å². The van der Waals surface area contributed by atoms with Crippen LogP contribution in [0.3, 0.4) is 0 Å². The number of carboxylic acid groups (broad SMARTS) is 5. The largest absolute Gasteiger partial charge is 0.480 e. The third-order valence-electron chi connectivity index (χ3n) is 4.83. The number of amides is 1. The van der Waals surface area contributed by atoms with E-state index in [1.807, 2.05) is 0 Å². The van der Waals surface area contributed by atoms with E-state index < -0.39 is 68.5 Å². The van der Waals surface area contributed by atoms with Gasteiger partial charge >= 0.3 is 29.8 Å². The van der Waals surface area contributed by atoms with Gasteiger partial charge in [-0.2, -0.15) is 0 Å². The molecule has 0 atom stereocenters. The number of nitrogens with zero attached hydrogens (tertiary/aromatic N) is 4. The number of aliphatic carboxylic acids is 5. The van der Waals surface area contributed by atoms with Crippen molar-refractivity contribution >= 4 is 35.8 Å². The molecule has 0 aromatic heterocycles. The molecule has 0 fully saturated rings. The summed E-state index contributed by atoms with van der Waals surface area (Å²) in [6, 6.07) is 0. The van der Waals surface area contributed by atoms with Gasteiger partial charge in [0.25, 0.3) is 0 Å². The second kappa shape index (κ2) is 18.8. The standard InChI is InChI=1S/C20H36N6O11/c21-1-2-22-15(27)9-25(12-18(32)33)7-5-23(10-16(28)29)3-4-24(11-17(30)31)6-8-26(13-19(34)35)14-20(36)37/h1-14,21H2,(H,22,27)(H,28,29)(H,30,31)(H,32,33)(H,34,35)(H,36,37). The van der Waals surface area contributed by atoms with Crippen LogP contribution in [0, 0.1) is 0 Å². The molecular formula is C20H36N6O11. The van der Waals surface area contributed by atoms with Crippen LogP contribution in [0.25, 0.3) is 0 Å². The normalized spacial score (nSPS) is 11.3. The lowest BCUT2D eigenvalue weighted by Gasteiger charge is -2.29. The van der Waals surface area contributed by atoms with Gasteiger partial charge in [0.15, 0.2) is 0 Å². The van der Waals surface area contributed by atoms with Gasteiger partial charge in [-0.1, -0.05) is 0 Å². The molecule has 0 aliphatic heterocycles. The van der Waals surface area contributed by atoms with Gasteiger partial charge in [-0.25, -0.2) is 0 Å². The molecule has 0 heterocycles. The fraction of sp³-hybridized carbons (Fsp3) is 0.700. The molecule has 0 rings (SSSR count). The average Bonchev–Trinajstić information content (AvgIpc) is 2.75. The maximum atomic E-state index is 11.9. The molecule has 0 unspecified atom stereocenters. The Morgan fingerprint density at radius 1 is 0.486 bits per heavy atom. The fourth-order valence-electron chi connectivity index (χ4n) is 3.24. The third kappa shape index (κ3) is 19.5.